The van der Waals surface area contributed by atoms with Gasteiger partial charge in [-0.05, 0) is 47.0 Å². The maximum atomic E-state index is 5.39. The van der Waals surface area contributed by atoms with Crippen LogP contribution in [0.3, 0.4) is 0 Å². The Morgan fingerprint density at radius 2 is 2.00 bits per heavy atom. The van der Waals surface area contributed by atoms with Crippen LogP contribution in [0, 0.1) is 0 Å². The Kier molecular flexibility index (Phi) is 8.70. The lowest BCUT2D eigenvalue weighted by Gasteiger charge is -2.18. The van der Waals surface area contributed by atoms with Crippen molar-refractivity contribution in [3.8, 4) is 0 Å². The van der Waals surface area contributed by atoms with E-state index < -0.39 is 0 Å². The number of nitrogens with zero attached hydrogens (tertiary/aromatic N) is 1. The molecule has 0 saturated carbocycles. The summed E-state index contributed by atoms with van der Waals surface area (Å²) >= 11 is 1.70. The van der Waals surface area contributed by atoms with Crippen molar-refractivity contribution in [2.45, 2.75) is 25.9 Å². The molecule has 0 spiro atoms. The molecule has 0 aliphatic rings. The van der Waals surface area contributed by atoms with Gasteiger partial charge in [0.2, 0.25) is 0 Å². The van der Waals surface area contributed by atoms with Gasteiger partial charge in [-0.1, -0.05) is 30.3 Å². The van der Waals surface area contributed by atoms with Gasteiger partial charge in [-0.2, -0.15) is 11.3 Å². The zero-order chi connectivity index (χ0) is 17.3. The van der Waals surface area contributed by atoms with Gasteiger partial charge < -0.3 is 15.1 Å². The number of hydrogen-bond acceptors (Lipinski definition) is 3. The van der Waals surface area contributed by atoms with E-state index in [0.717, 1.165) is 24.7 Å². The first-order valence-electron chi connectivity index (χ1n) is 8.44. The summed E-state index contributed by atoms with van der Waals surface area (Å²) in [6.45, 7) is 3.58. The van der Waals surface area contributed by atoms with Crippen molar-refractivity contribution < 1.29 is 4.42 Å². The van der Waals surface area contributed by atoms with Crippen molar-refractivity contribution in [2.24, 2.45) is 4.99 Å². The Balaban J connectivity index is 0.00000243. The van der Waals surface area contributed by atoms with E-state index in [9.17, 15) is 0 Å². The smallest absolute Gasteiger partial charge is 0.192 e. The maximum Gasteiger partial charge on any atom is 0.192 e. The predicted octanol–water partition coefficient (Wildman–Crippen LogP) is 5.00. The molecule has 2 aromatic heterocycles. The molecule has 138 valence electrons. The second-order valence-electron chi connectivity index (χ2n) is 5.83. The first-order valence-corrected chi connectivity index (χ1v) is 9.39. The van der Waals surface area contributed by atoms with Crippen LogP contribution in [0.15, 0.2) is 75.0 Å². The average molecular weight is 481 g/mol. The molecule has 0 saturated heterocycles. The molecule has 26 heavy (non-hydrogen) atoms. The second-order valence-corrected chi connectivity index (χ2v) is 6.61. The number of halogens is 1. The van der Waals surface area contributed by atoms with E-state index in [1.54, 1.807) is 17.6 Å². The largest absolute Gasteiger partial charge is 0.469 e. The molecule has 0 fully saturated rings. The average Bonchev–Trinajstić information content (AvgIpc) is 3.34. The van der Waals surface area contributed by atoms with Crippen molar-refractivity contribution in [3.63, 3.8) is 0 Å². The van der Waals surface area contributed by atoms with E-state index in [1.165, 1.54) is 11.1 Å². The molecule has 1 atom stereocenters. The third kappa shape index (κ3) is 6.49. The van der Waals surface area contributed by atoms with E-state index in [-0.39, 0.29) is 30.0 Å². The quantitative estimate of drug-likeness (QED) is 0.284. The minimum absolute atomic E-state index is 0. The molecule has 0 aliphatic carbocycles. The molecule has 2 heterocycles. The normalized spacial score (nSPS) is 12.3. The standard InChI is InChI=1S/C20H23N3OS.HI/c1-16(18-6-3-2-4-7-18)23-20(22-14-17-10-13-25-15-17)21-11-9-19-8-5-12-24-19;/h2-8,10,12-13,15-16H,9,11,14H2,1H3,(H2,21,22,23);1H. The summed E-state index contributed by atoms with van der Waals surface area (Å²) in [5, 5.41) is 11.1. The number of furan rings is 1. The van der Waals surface area contributed by atoms with Crippen molar-refractivity contribution in [2.75, 3.05) is 6.54 Å². The van der Waals surface area contributed by atoms with E-state index in [2.05, 4.69) is 58.6 Å². The highest BCUT2D eigenvalue weighted by Gasteiger charge is 2.08. The third-order valence-corrected chi connectivity index (χ3v) is 4.63. The van der Waals surface area contributed by atoms with Gasteiger partial charge in [0.25, 0.3) is 0 Å². The topological polar surface area (TPSA) is 49.6 Å². The summed E-state index contributed by atoms with van der Waals surface area (Å²) in [5.41, 5.74) is 2.46. The predicted molar refractivity (Wildman–Crippen MR) is 119 cm³/mol. The van der Waals surface area contributed by atoms with Crippen molar-refractivity contribution in [1.82, 2.24) is 10.6 Å². The Bertz CT molecular complexity index is 758. The van der Waals surface area contributed by atoms with Crippen molar-refractivity contribution in [1.29, 1.82) is 0 Å². The van der Waals surface area contributed by atoms with E-state index >= 15 is 0 Å². The summed E-state index contributed by atoms with van der Waals surface area (Å²) in [6.07, 6.45) is 2.53. The number of guanidine groups is 1. The number of aliphatic imine (C=N–C) groups is 1. The fourth-order valence-electron chi connectivity index (χ4n) is 2.49. The number of thiophene rings is 1. The molecule has 3 rings (SSSR count). The first-order chi connectivity index (χ1) is 12.3. The van der Waals surface area contributed by atoms with Gasteiger partial charge in [0, 0.05) is 13.0 Å². The van der Waals surface area contributed by atoms with Gasteiger partial charge >= 0.3 is 0 Å². The molecule has 4 nitrogen and oxygen atoms in total. The van der Waals surface area contributed by atoms with E-state index in [4.69, 9.17) is 9.41 Å². The molecule has 6 heteroatoms. The highest BCUT2D eigenvalue weighted by molar-refractivity contribution is 14.0. The number of rotatable bonds is 7. The summed E-state index contributed by atoms with van der Waals surface area (Å²) in [6, 6.07) is 16.6. The monoisotopic (exact) mass is 481 g/mol. The van der Waals surface area contributed by atoms with Crippen LogP contribution in [0.1, 0.15) is 29.9 Å². The van der Waals surface area contributed by atoms with Gasteiger partial charge in [0.1, 0.15) is 5.76 Å². The van der Waals surface area contributed by atoms with Gasteiger partial charge in [-0.15, -0.1) is 24.0 Å². The van der Waals surface area contributed by atoms with Crippen LogP contribution in [0.4, 0.5) is 0 Å². The van der Waals surface area contributed by atoms with Crippen LogP contribution in [0.25, 0.3) is 0 Å². The van der Waals surface area contributed by atoms with Gasteiger partial charge in [-0.3, -0.25) is 0 Å². The SMILES string of the molecule is CC(NC(=NCc1ccsc1)NCCc1ccco1)c1ccccc1.I. The van der Waals surface area contributed by atoms with Crippen LogP contribution >= 0.6 is 35.3 Å². The summed E-state index contributed by atoms with van der Waals surface area (Å²) in [4.78, 5) is 4.72. The molecule has 0 amide bonds. The molecule has 0 aliphatic heterocycles. The van der Waals surface area contributed by atoms with Gasteiger partial charge in [-0.25, -0.2) is 4.99 Å². The molecule has 1 unspecified atom stereocenters. The van der Waals surface area contributed by atoms with E-state index in [0.29, 0.717) is 6.54 Å². The molecule has 3 aromatic rings. The Morgan fingerprint density at radius 3 is 2.69 bits per heavy atom. The molecular weight excluding hydrogens is 457 g/mol. The lowest BCUT2D eigenvalue weighted by atomic mass is 10.1. The zero-order valence-electron chi connectivity index (χ0n) is 14.7. The Morgan fingerprint density at radius 1 is 1.15 bits per heavy atom. The Labute approximate surface area is 175 Å². The molecule has 1 aromatic carbocycles. The summed E-state index contributed by atoms with van der Waals surface area (Å²) in [7, 11) is 0. The van der Waals surface area contributed by atoms with Crippen LogP contribution < -0.4 is 10.6 Å². The molecular formula is C20H24IN3OS. The van der Waals surface area contributed by atoms with Crippen molar-refractivity contribution >= 4 is 41.3 Å². The third-order valence-electron chi connectivity index (χ3n) is 3.90. The lowest BCUT2D eigenvalue weighted by Crippen LogP contribution is -2.39. The molecule has 2 N–H and O–H groups in total. The fourth-order valence-corrected chi connectivity index (χ4v) is 3.15. The lowest BCUT2D eigenvalue weighted by molar-refractivity contribution is 0.506. The summed E-state index contributed by atoms with van der Waals surface area (Å²) < 4.78 is 5.39. The highest BCUT2D eigenvalue weighted by atomic mass is 127. The minimum atomic E-state index is 0. The van der Waals surface area contributed by atoms with Crippen molar-refractivity contribution in [3.05, 3.63) is 82.4 Å². The van der Waals surface area contributed by atoms with Gasteiger partial charge in [0.05, 0.1) is 18.8 Å². The van der Waals surface area contributed by atoms with Crippen LogP contribution in [0.2, 0.25) is 0 Å². The summed E-state index contributed by atoms with van der Waals surface area (Å²) in [5.74, 6) is 1.79. The molecule has 0 bridgehead atoms. The van der Waals surface area contributed by atoms with Crippen LogP contribution in [0.5, 0.6) is 0 Å². The maximum absolute atomic E-state index is 5.39. The molecule has 0 radical (unpaired) electrons. The minimum Gasteiger partial charge on any atom is -0.469 e. The Hall–Kier alpha value is -1.80. The fraction of sp³-hybridized carbons (Fsp3) is 0.250. The first kappa shape index (κ1) is 20.5. The van der Waals surface area contributed by atoms with Crippen LogP contribution in [-0.4, -0.2) is 12.5 Å². The highest BCUT2D eigenvalue weighted by Crippen LogP contribution is 2.11. The van der Waals surface area contributed by atoms with Crippen LogP contribution in [-0.2, 0) is 13.0 Å². The van der Waals surface area contributed by atoms with E-state index in [1.807, 2.05) is 18.2 Å². The number of hydrogen-bond donors (Lipinski definition) is 2. The zero-order valence-corrected chi connectivity index (χ0v) is 17.9. The second kappa shape index (κ2) is 11.0. The number of nitrogens with one attached hydrogen (secondary N) is 2. The van der Waals surface area contributed by atoms with Gasteiger partial charge in [0.15, 0.2) is 5.96 Å². The number of benzene rings is 1.